The average molecular weight is 442 g/mol. The first-order valence-electron chi connectivity index (χ1n) is 12.2. The van der Waals surface area contributed by atoms with Crippen LogP contribution in [0.2, 0.25) is 0 Å². The summed E-state index contributed by atoms with van der Waals surface area (Å²) in [5.41, 5.74) is 0. The van der Waals surface area contributed by atoms with Crippen LogP contribution in [0.5, 0.6) is 0 Å². The molecule has 0 spiro atoms. The lowest BCUT2D eigenvalue weighted by Gasteiger charge is -2.29. The number of ether oxygens (including phenoxy) is 1. The van der Waals surface area contributed by atoms with Crippen LogP contribution in [0.4, 0.5) is 0 Å². The fraction of sp³-hybridized carbons (Fsp3) is 0.840. The number of unbranched alkanes of at least 4 members (excludes halogenated alkanes) is 12. The van der Waals surface area contributed by atoms with E-state index < -0.39 is 18.0 Å². The molecule has 0 saturated heterocycles. The first-order valence-corrected chi connectivity index (χ1v) is 12.2. The maximum absolute atomic E-state index is 12.0. The van der Waals surface area contributed by atoms with Crippen LogP contribution in [-0.4, -0.2) is 55.3 Å². The maximum atomic E-state index is 12.0. The number of likely N-dealkylation sites (N-methyl/N-ethyl adjacent to an activating group) is 1. The molecular formula is C25H47NO5. The Hall–Kier alpha value is -1.56. The van der Waals surface area contributed by atoms with E-state index >= 15 is 0 Å². The van der Waals surface area contributed by atoms with Crippen molar-refractivity contribution in [1.29, 1.82) is 0 Å². The first-order chi connectivity index (χ1) is 14.6. The van der Waals surface area contributed by atoms with Crippen LogP contribution in [0.3, 0.4) is 0 Å². The van der Waals surface area contributed by atoms with E-state index in [0.717, 1.165) is 25.3 Å². The van der Waals surface area contributed by atoms with E-state index in [1.165, 1.54) is 64.2 Å². The molecule has 0 rings (SSSR count). The van der Waals surface area contributed by atoms with Gasteiger partial charge in [0.2, 0.25) is 0 Å². The van der Waals surface area contributed by atoms with Crippen LogP contribution >= 0.6 is 0 Å². The van der Waals surface area contributed by atoms with E-state index in [1.54, 1.807) is 0 Å². The lowest BCUT2D eigenvalue weighted by molar-refractivity contribution is -0.873. The number of rotatable bonds is 20. The highest BCUT2D eigenvalue weighted by Gasteiger charge is 2.22. The summed E-state index contributed by atoms with van der Waals surface area (Å²) in [6.45, 7) is 2.60. The fourth-order valence-electron chi connectivity index (χ4n) is 3.67. The molecule has 0 saturated carbocycles. The Bertz CT molecular complexity index is 511. The number of hydrogen-bond acceptors (Lipinski definition) is 5. The Balaban J connectivity index is 3.86. The van der Waals surface area contributed by atoms with Crippen molar-refractivity contribution in [3.05, 3.63) is 11.8 Å². The van der Waals surface area contributed by atoms with Gasteiger partial charge in [0.05, 0.1) is 33.0 Å². The summed E-state index contributed by atoms with van der Waals surface area (Å²) < 4.78 is 5.67. The van der Waals surface area contributed by atoms with Crippen molar-refractivity contribution in [3.8, 4) is 0 Å². The molecule has 0 radical (unpaired) electrons. The number of carbonyl (C=O) groups is 2. The minimum atomic E-state index is -1.26. The largest absolute Gasteiger partial charge is 0.550 e. The molecule has 0 aromatic heterocycles. The third-order valence-electron chi connectivity index (χ3n) is 5.25. The molecule has 0 aliphatic heterocycles. The molecule has 6 nitrogen and oxygen atoms in total. The molecule has 1 N–H and O–H groups in total. The normalized spacial score (nSPS) is 13.2. The lowest BCUT2D eigenvalue weighted by atomic mass is 10.0. The van der Waals surface area contributed by atoms with E-state index in [4.69, 9.17) is 4.74 Å². The van der Waals surface area contributed by atoms with Gasteiger partial charge >= 0.3 is 5.97 Å². The monoisotopic (exact) mass is 441 g/mol. The molecule has 0 bridgehead atoms. The van der Waals surface area contributed by atoms with Gasteiger partial charge in [-0.3, -0.25) is 0 Å². The van der Waals surface area contributed by atoms with E-state index in [2.05, 4.69) is 6.92 Å². The Kier molecular flexibility index (Phi) is 17.1. The number of aliphatic carboxylic acids is 1. The van der Waals surface area contributed by atoms with Gasteiger partial charge in [-0.2, -0.15) is 0 Å². The second kappa shape index (κ2) is 18.1. The van der Waals surface area contributed by atoms with E-state index in [9.17, 15) is 19.8 Å². The number of quaternary nitrogens is 1. The number of aliphatic hydroxyl groups is 1. The SMILES string of the molecule is CCCCCCCCCCCCCCCC(O)=CC(=O)OC(CC(=O)[O-])C[N+](C)(C)C. The zero-order chi connectivity index (χ0) is 23.5. The van der Waals surface area contributed by atoms with Gasteiger partial charge in [-0.15, -0.1) is 0 Å². The van der Waals surface area contributed by atoms with Crippen molar-refractivity contribution in [1.82, 2.24) is 0 Å². The van der Waals surface area contributed by atoms with Gasteiger partial charge in [-0.05, 0) is 6.42 Å². The summed E-state index contributed by atoms with van der Waals surface area (Å²) in [5, 5.41) is 20.8. The van der Waals surface area contributed by atoms with Crippen LogP contribution in [0.1, 0.15) is 103 Å². The highest BCUT2D eigenvalue weighted by molar-refractivity contribution is 5.82. The molecule has 1 unspecified atom stereocenters. The maximum Gasteiger partial charge on any atom is 0.334 e. The average Bonchev–Trinajstić information content (AvgIpc) is 2.63. The number of allylic oxidation sites excluding steroid dienone is 1. The zero-order valence-electron chi connectivity index (χ0n) is 20.5. The summed E-state index contributed by atoms with van der Waals surface area (Å²) >= 11 is 0. The number of carbonyl (C=O) groups excluding carboxylic acids is 2. The minimum absolute atomic E-state index is 0.00878. The zero-order valence-corrected chi connectivity index (χ0v) is 20.5. The van der Waals surface area contributed by atoms with Crippen LogP contribution in [0.25, 0.3) is 0 Å². The molecule has 0 aromatic carbocycles. The minimum Gasteiger partial charge on any atom is -0.550 e. The fourth-order valence-corrected chi connectivity index (χ4v) is 3.67. The lowest BCUT2D eigenvalue weighted by Crippen LogP contribution is -2.45. The number of carboxylic acid groups (broad SMARTS) is 1. The molecule has 0 aliphatic rings. The molecule has 0 aliphatic carbocycles. The topological polar surface area (TPSA) is 86.7 Å². The van der Waals surface area contributed by atoms with Gasteiger partial charge in [-0.25, -0.2) is 4.79 Å². The quantitative estimate of drug-likeness (QED) is 0.0975. The number of carboxylic acids is 1. The summed E-state index contributed by atoms with van der Waals surface area (Å²) in [7, 11) is 5.66. The van der Waals surface area contributed by atoms with Crippen molar-refractivity contribution >= 4 is 11.9 Å². The molecule has 0 fully saturated rings. The Morgan fingerprint density at radius 3 is 1.74 bits per heavy atom. The van der Waals surface area contributed by atoms with Crippen LogP contribution in [0.15, 0.2) is 11.8 Å². The third-order valence-corrected chi connectivity index (χ3v) is 5.25. The van der Waals surface area contributed by atoms with Gasteiger partial charge in [0.25, 0.3) is 0 Å². The molecule has 0 heterocycles. The molecule has 1 atom stereocenters. The number of hydrogen-bond donors (Lipinski definition) is 1. The van der Waals surface area contributed by atoms with Gasteiger partial charge in [-0.1, -0.05) is 84.0 Å². The molecule has 182 valence electrons. The smallest absolute Gasteiger partial charge is 0.334 e. The molecule has 0 amide bonds. The van der Waals surface area contributed by atoms with Crippen molar-refractivity contribution in [2.24, 2.45) is 0 Å². The number of nitrogens with zero attached hydrogens (tertiary/aromatic N) is 1. The highest BCUT2D eigenvalue weighted by Crippen LogP contribution is 2.14. The van der Waals surface area contributed by atoms with Crippen molar-refractivity contribution < 1.29 is 29.0 Å². The van der Waals surface area contributed by atoms with Crippen molar-refractivity contribution in [3.63, 3.8) is 0 Å². The molecule has 31 heavy (non-hydrogen) atoms. The molecule has 6 heteroatoms. The second-order valence-corrected chi connectivity index (χ2v) is 9.74. The standard InChI is InChI=1S/C25H47NO5/c1-5-6-7-8-9-10-11-12-13-14-15-16-17-18-22(27)19-25(30)31-23(20-24(28)29)21-26(2,3)4/h19,23H,5-18,20-21H2,1-4H3,(H-,27,28,29,30). The Labute approximate surface area is 190 Å². The highest BCUT2D eigenvalue weighted by atomic mass is 16.5. The van der Waals surface area contributed by atoms with Gasteiger partial charge in [0, 0.05) is 18.8 Å². The summed E-state index contributed by atoms with van der Waals surface area (Å²) in [5.74, 6) is -1.97. The predicted molar refractivity (Wildman–Crippen MR) is 123 cm³/mol. The van der Waals surface area contributed by atoms with Gasteiger partial charge in [0.1, 0.15) is 6.54 Å². The Morgan fingerprint density at radius 2 is 1.32 bits per heavy atom. The van der Waals surface area contributed by atoms with E-state index in [0.29, 0.717) is 17.4 Å². The van der Waals surface area contributed by atoms with Crippen LogP contribution in [0, 0.1) is 0 Å². The predicted octanol–water partition coefficient (Wildman–Crippen LogP) is 4.67. The third kappa shape index (κ3) is 21.5. The van der Waals surface area contributed by atoms with Gasteiger partial charge < -0.3 is 24.2 Å². The van der Waals surface area contributed by atoms with E-state index in [1.807, 2.05) is 21.1 Å². The van der Waals surface area contributed by atoms with E-state index in [-0.39, 0.29) is 12.2 Å². The summed E-state index contributed by atoms with van der Waals surface area (Å²) in [4.78, 5) is 22.9. The van der Waals surface area contributed by atoms with Crippen LogP contribution in [-0.2, 0) is 14.3 Å². The van der Waals surface area contributed by atoms with Gasteiger partial charge in [0.15, 0.2) is 6.10 Å². The van der Waals surface area contributed by atoms with Crippen LogP contribution < -0.4 is 5.11 Å². The van der Waals surface area contributed by atoms with Crippen molar-refractivity contribution in [2.45, 2.75) is 109 Å². The molecular weight excluding hydrogens is 394 g/mol. The summed E-state index contributed by atoms with van der Waals surface area (Å²) in [6.07, 6.45) is 16.7. The molecule has 0 aromatic rings. The Morgan fingerprint density at radius 1 is 0.871 bits per heavy atom. The summed E-state index contributed by atoms with van der Waals surface area (Å²) in [6, 6.07) is 0. The first kappa shape index (κ1) is 29.4. The van der Waals surface area contributed by atoms with Crippen molar-refractivity contribution in [2.75, 3.05) is 27.7 Å². The number of aliphatic hydroxyl groups excluding tert-OH is 1. The second-order valence-electron chi connectivity index (χ2n) is 9.74. The number of esters is 1.